The van der Waals surface area contributed by atoms with Crippen LogP contribution in [0.4, 0.5) is 0 Å². The first kappa shape index (κ1) is 11.1. The number of hydrogen-bond acceptors (Lipinski definition) is 3. The van der Waals surface area contributed by atoms with E-state index < -0.39 is 6.04 Å². The topological polar surface area (TPSA) is 55.6 Å². The lowest BCUT2D eigenvalue weighted by molar-refractivity contribution is -0.131. The number of amides is 1. The van der Waals surface area contributed by atoms with E-state index in [9.17, 15) is 4.79 Å². The number of methoxy groups -OCH3 is 1. The van der Waals surface area contributed by atoms with Crippen LogP contribution in [-0.2, 0) is 9.53 Å². The molecule has 0 radical (unpaired) electrons. The van der Waals surface area contributed by atoms with Gasteiger partial charge in [-0.15, -0.1) is 6.58 Å². The molecule has 0 fully saturated rings. The van der Waals surface area contributed by atoms with Gasteiger partial charge in [0, 0.05) is 20.7 Å². The SMILES string of the molecule is C=CCN(C)C(=O)C(N)COC. The maximum Gasteiger partial charge on any atom is 0.241 e. The first-order valence-corrected chi connectivity index (χ1v) is 3.73. The molecular formula is C8H16N2O2. The second-order valence-corrected chi connectivity index (χ2v) is 2.57. The highest BCUT2D eigenvalue weighted by Gasteiger charge is 2.16. The summed E-state index contributed by atoms with van der Waals surface area (Å²) in [5, 5.41) is 0. The zero-order chi connectivity index (χ0) is 9.56. The Balaban J connectivity index is 3.90. The van der Waals surface area contributed by atoms with E-state index in [0.717, 1.165) is 0 Å². The van der Waals surface area contributed by atoms with E-state index in [2.05, 4.69) is 6.58 Å². The van der Waals surface area contributed by atoms with Gasteiger partial charge in [0.25, 0.3) is 0 Å². The standard InChI is InChI=1S/C8H16N2O2/c1-4-5-10(2)8(11)7(9)6-12-3/h4,7H,1,5-6,9H2,2-3H3. The lowest BCUT2D eigenvalue weighted by Gasteiger charge is -2.18. The van der Waals surface area contributed by atoms with Gasteiger partial charge in [-0.25, -0.2) is 0 Å². The molecule has 0 saturated carbocycles. The van der Waals surface area contributed by atoms with Crippen LogP contribution in [0.15, 0.2) is 12.7 Å². The molecule has 70 valence electrons. The van der Waals surface area contributed by atoms with Gasteiger partial charge < -0.3 is 15.4 Å². The van der Waals surface area contributed by atoms with Crippen molar-refractivity contribution < 1.29 is 9.53 Å². The van der Waals surface area contributed by atoms with Crippen molar-refractivity contribution in [2.45, 2.75) is 6.04 Å². The third kappa shape index (κ3) is 3.50. The molecule has 0 spiro atoms. The van der Waals surface area contributed by atoms with Gasteiger partial charge in [-0.2, -0.15) is 0 Å². The fraction of sp³-hybridized carbons (Fsp3) is 0.625. The first-order valence-electron chi connectivity index (χ1n) is 3.73. The van der Waals surface area contributed by atoms with Crippen molar-refractivity contribution in [3.63, 3.8) is 0 Å². The Morgan fingerprint density at radius 1 is 1.83 bits per heavy atom. The van der Waals surface area contributed by atoms with Crippen molar-refractivity contribution in [3.05, 3.63) is 12.7 Å². The van der Waals surface area contributed by atoms with Crippen LogP contribution in [0, 0.1) is 0 Å². The van der Waals surface area contributed by atoms with Crippen molar-refractivity contribution >= 4 is 5.91 Å². The number of rotatable bonds is 5. The summed E-state index contributed by atoms with van der Waals surface area (Å²) in [5.74, 6) is -0.128. The minimum absolute atomic E-state index is 0.128. The van der Waals surface area contributed by atoms with Crippen molar-refractivity contribution in [2.75, 3.05) is 27.3 Å². The Morgan fingerprint density at radius 3 is 2.83 bits per heavy atom. The molecule has 1 amide bonds. The summed E-state index contributed by atoms with van der Waals surface area (Å²) in [4.78, 5) is 12.8. The lowest BCUT2D eigenvalue weighted by Crippen LogP contribution is -2.44. The smallest absolute Gasteiger partial charge is 0.241 e. The van der Waals surface area contributed by atoms with Crippen LogP contribution < -0.4 is 5.73 Å². The Kier molecular flexibility index (Phi) is 5.32. The van der Waals surface area contributed by atoms with Crippen molar-refractivity contribution in [1.29, 1.82) is 0 Å². The molecule has 0 aromatic carbocycles. The van der Waals surface area contributed by atoms with E-state index in [-0.39, 0.29) is 12.5 Å². The monoisotopic (exact) mass is 172 g/mol. The molecule has 2 N–H and O–H groups in total. The fourth-order valence-corrected chi connectivity index (χ4v) is 0.818. The van der Waals surface area contributed by atoms with Gasteiger partial charge in [-0.3, -0.25) is 4.79 Å². The van der Waals surface area contributed by atoms with Crippen LogP contribution in [0.3, 0.4) is 0 Å². The molecule has 0 aliphatic carbocycles. The van der Waals surface area contributed by atoms with Gasteiger partial charge in [0.05, 0.1) is 6.61 Å². The van der Waals surface area contributed by atoms with Crippen molar-refractivity contribution in [1.82, 2.24) is 4.90 Å². The molecule has 1 unspecified atom stereocenters. The molecule has 0 aliphatic rings. The molecule has 12 heavy (non-hydrogen) atoms. The zero-order valence-electron chi connectivity index (χ0n) is 7.62. The highest BCUT2D eigenvalue weighted by atomic mass is 16.5. The van der Waals surface area contributed by atoms with Crippen LogP contribution in [-0.4, -0.2) is 44.2 Å². The number of nitrogens with zero attached hydrogens (tertiary/aromatic N) is 1. The minimum Gasteiger partial charge on any atom is -0.383 e. The van der Waals surface area contributed by atoms with Gasteiger partial charge in [0.1, 0.15) is 6.04 Å². The highest BCUT2D eigenvalue weighted by Crippen LogP contribution is 1.90. The maximum atomic E-state index is 11.3. The molecule has 4 nitrogen and oxygen atoms in total. The lowest BCUT2D eigenvalue weighted by atomic mass is 10.3. The summed E-state index contributed by atoms with van der Waals surface area (Å²) in [6, 6.07) is -0.569. The summed E-state index contributed by atoms with van der Waals surface area (Å²) in [5.41, 5.74) is 5.51. The summed E-state index contributed by atoms with van der Waals surface area (Å²) in [6.45, 7) is 4.28. The quantitative estimate of drug-likeness (QED) is 0.574. The number of hydrogen-bond donors (Lipinski definition) is 1. The Labute approximate surface area is 73.0 Å². The second kappa shape index (κ2) is 5.74. The molecular weight excluding hydrogens is 156 g/mol. The zero-order valence-corrected chi connectivity index (χ0v) is 7.62. The van der Waals surface area contributed by atoms with E-state index in [4.69, 9.17) is 10.5 Å². The van der Waals surface area contributed by atoms with Gasteiger partial charge in [-0.05, 0) is 0 Å². The number of carbonyl (C=O) groups excluding carboxylic acids is 1. The third-order valence-corrected chi connectivity index (χ3v) is 1.44. The third-order valence-electron chi connectivity index (χ3n) is 1.44. The second-order valence-electron chi connectivity index (χ2n) is 2.57. The fourth-order valence-electron chi connectivity index (χ4n) is 0.818. The van der Waals surface area contributed by atoms with Gasteiger partial charge in [-0.1, -0.05) is 6.08 Å². The highest BCUT2D eigenvalue weighted by molar-refractivity contribution is 5.81. The average Bonchev–Trinajstić information content (AvgIpc) is 2.04. The minimum atomic E-state index is -0.569. The van der Waals surface area contributed by atoms with Gasteiger partial charge in [0.2, 0.25) is 5.91 Å². The van der Waals surface area contributed by atoms with E-state index >= 15 is 0 Å². The predicted molar refractivity (Wildman–Crippen MR) is 47.7 cm³/mol. The Morgan fingerprint density at radius 2 is 2.42 bits per heavy atom. The van der Waals surface area contributed by atoms with Crippen LogP contribution >= 0.6 is 0 Å². The largest absolute Gasteiger partial charge is 0.383 e. The molecule has 0 aromatic rings. The van der Waals surface area contributed by atoms with Crippen LogP contribution in [0.2, 0.25) is 0 Å². The summed E-state index contributed by atoms with van der Waals surface area (Å²) >= 11 is 0. The normalized spacial score (nSPS) is 12.2. The molecule has 0 aliphatic heterocycles. The van der Waals surface area contributed by atoms with E-state index in [0.29, 0.717) is 6.54 Å². The molecule has 1 atom stereocenters. The van der Waals surface area contributed by atoms with Crippen LogP contribution in [0.1, 0.15) is 0 Å². The van der Waals surface area contributed by atoms with E-state index in [1.807, 2.05) is 0 Å². The van der Waals surface area contributed by atoms with Crippen molar-refractivity contribution in [3.8, 4) is 0 Å². The summed E-state index contributed by atoms with van der Waals surface area (Å²) in [7, 11) is 3.19. The molecule has 4 heteroatoms. The number of nitrogens with two attached hydrogens (primary N) is 1. The van der Waals surface area contributed by atoms with Gasteiger partial charge >= 0.3 is 0 Å². The molecule has 0 saturated heterocycles. The Bertz CT molecular complexity index is 159. The summed E-state index contributed by atoms with van der Waals surface area (Å²) < 4.78 is 4.75. The van der Waals surface area contributed by atoms with E-state index in [1.165, 1.54) is 12.0 Å². The van der Waals surface area contributed by atoms with E-state index in [1.54, 1.807) is 13.1 Å². The predicted octanol–water partition coefficient (Wildman–Crippen LogP) is -0.395. The van der Waals surface area contributed by atoms with Gasteiger partial charge in [0.15, 0.2) is 0 Å². The average molecular weight is 172 g/mol. The summed E-state index contributed by atoms with van der Waals surface area (Å²) in [6.07, 6.45) is 1.65. The van der Waals surface area contributed by atoms with Crippen molar-refractivity contribution in [2.24, 2.45) is 5.73 Å². The number of ether oxygens (including phenoxy) is 1. The number of carbonyl (C=O) groups is 1. The molecule has 0 heterocycles. The molecule has 0 bridgehead atoms. The first-order chi connectivity index (χ1) is 5.63. The van der Waals surface area contributed by atoms with Crippen LogP contribution in [0.5, 0.6) is 0 Å². The Hall–Kier alpha value is -0.870. The maximum absolute atomic E-state index is 11.3. The molecule has 0 aromatic heterocycles. The number of likely N-dealkylation sites (N-methyl/N-ethyl adjacent to an activating group) is 1. The molecule has 0 rings (SSSR count). The van der Waals surface area contributed by atoms with Crippen LogP contribution in [0.25, 0.3) is 0 Å².